The summed E-state index contributed by atoms with van der Waals surface area (Å²) in [6.45, 7) is 3.86. The van der Waals surface area contributed by atoms with Crippen LogP contribution in [0.3, 0.4) is 0 Å². The largest absolute Gasteiger partial charge is 0.508 e. The first-order valence-corrected chi connectivity index (χ1v) is 5.88. The molecule has 96 valence electrons. The molecule has 2 N–H and O–H groups in total. The number of phenolic OH excluding ortho intramolecular Hbond substituents is 1. The third-order valence-electron chi connectivity index (χ3n) is 3.00. The Hall–Kier alpha value is -2.04. The molecule has 0 bridgehead atoms. The number of carbonyl (C=O) groups excluding carboxylic acids is 2. The second-order valence-electron chi connectivity index (χ2n) is 4.65. The van der Waals surface area contributed by atoms with Crippen LogP contribution in [-0.2, 0) is 9.59 Å². The van der Waals surface area contributed by atoms with Gasteiger partial charge in [0, 0.05) is 6.04 Å². The summed E-state index contributed by atoms with van der Waals surface area (Å²) >= 11 is 0. The minimum Gasteiger partial charge on any atom is -0.508 e. The summed E-state index contributed by atoms with van der Waals surface area (Å²) in [6.07, 6.45) is 0. The molecule has 0 radical (unpaired) electrons. The van der Waals surface area contributed by atoms with Gasteiger partial charge in [0.05, 0.1) is 6.54 Å². The Morgan fingerprint density at radius 2 is 1.89 bits per heavy atom. The standard InChI is InChI=1S/C13H16N2O3/c1-8(2)15-7-11(17)14-12(13(15)18)9-3-5-10(16)6-4-9/h3-6,8,12,16H,7H2,1-2H3,(H,14,17)/t12-/m0/s1. The van der Waals surface area contributed by atoms with E-state index in [1.807, 2.05) is 13.8 Å². The SMILES string of the molecule is CC(C)N1CC(=O)N[C@@H](c2ccc(O)cc2)C1=O. The van der Waals surface area contributed by atoms with Crippen LogP contribution < -0.4 is 5.32 Å². The van der Waals surface area contributed by atoms with Crippen LogP contribution in [0.25, 0.3) is 0 Å². The highest BCUT2D eigenvalue weighted by Crippen LogP contribution is 2.22. The zero-order valence-electron chi connectivity index (χ0n) is 10.4. The van der Waals surface area contributed by atoms with Gasteiger partial charge in [0.1, 0.15) is 11.8 Å². The van der Waals surface area contributed by atoms with Gasteiger partial charge in [0.2, 0.25) is 5.91 Å². The summed E-state index contributed by atoms with van der Waals surface area (Å²) in [6, 6.07) is 5.62. The average Bonchev–Trinajstić information content (AvgIpc) is 2.32. The van der Waals surface area contributed by atoms with Gasteiger partial charge in [-0.05, 0) is 31.5 Å². The molecule has 5 nitrogen and oxygen atoms in total. The highest BCUT2D eigenvalue weighted by Gasteiger charge is 2.34. The number of hydrogen-bond acceptors (Lipinski definition) is 3. The number of nitrogens with zero attached hydrogens (tertiary/aromatic N) is 1. The number of hydrogen-bond donors (Lipinski definition) is 2. The highest BCUT2D eigenvalue weighted by atomic mass is 16.3. The van der Waals surface area contributed by atoms with Crippen LogP contribution in [0.1, 0.15) is 25.5 Å². The fourth-order valence-electron chi connectivity index (χ4n) is 2.00. The van der Waals surface area contributed by atoms with Crippen molar-refractivity contribution in [3.05, 3.63) is 29.8 Å². The van der Waals surface area contributed by atoms with Gasteiger partial charge in [-0.15, -0.1) is 0 Å². The van der Waals surface area contributed by atoms with Crippen LogP contribution >= 0.6 is 0 Å². The van der Waals surface area contributed by atoms with Crippen molar-refractivity contribution in [2.24, 2.45) is 0 Å². The van der Waals surface area contributed by atoms with Gasteiger partial charge in [-0.3, -0.25) is 9.59 Å². The first-order chi connectivity index (χ1) is 8.49. The zero-order chi connectivity index (χ0) is 13.3. The van der Waals surface area contributed by atoms with E-state index in [1.54, 1.807) is 17.0 Å². The third kappa shape index (κ3) is 2.30. The lowest BCUT2D eigenvalue weighted by Crippen LogP contribution is -2.55. The van der Waals surface area contributed by atoms with Crippen molar-refractivity contribution in [3.63, 3.8) is 0 Å². The summed E-state index contributed by atoms with van der Waals surface area (Å²) in [5.41, 5.74) is 0.677. The number of rotatable bonds is 2. The van der Waals surface area contributed by atoms with Gasteiger partial charge in [0.25, 0.3) is 5.91 Å². The topological polar surface area (TPSA) is 69.6 Å². The molecule has 0 saturated carbocycles. The molecule has 1 aromatic rings. The molecule has 1 aromatic carbocycles. The molecular weight excluding hydrogens is 232 g/mol. The number of carbonyl (C=O) groups is 2. The quantitative estimate of drug-likeness (QED) is 0.813. The minimum atomic E-state index is -0.658. The monoisotopic (exact) mass is 248 g/mol. The van der Waals surface area contributed by atoms with Crippen molar-refractivity contribution in [2.45, 2.75) is 25.9 Å². The van der Waals surface area contributed by atoms with Gasteiger partial charge in [-0.2, -0.15) is 0 Å². The van der Waals surface area contributed by atoms with E-state index in [1.165, 1.54) is 12.1 Å². The molecule has 5 heteroatoms. The van der Waals surface area contributed by atoms with Crippen molar-refractivity contribution in [2.75, 3.05) is 6.54 Å². The Morgan fingerprint density at radius 3 is 2.44 bits per heavy atom. The van der Waals surface area contributed by atoms with Crippen LogP contribution in [-0.4, -0.2) is 34.4 Å². The van der Waals surface area contributed by atoms with Crippen LogP contribution in [0.5, 0.6) is 5.75 Å². The second-order valence-corrected chi connectivity index (χ2v) is 4.65. The van der Waals surface area contributed by atoms with E-state index in [9.17, 15) is 14.7 Å². The first kappa shape index (κ1) is 12.4. The van der Waals surface area contributed by atoms with E-state index in [2.05, 4.69) is 5.32 Å². The normalized spacial score (nSPS) is 20.2. The van der Waals surface area contributed by atoms with E-state index >= 15 is 0 Å². The Balaban J connectivity index is 2.28. The van der Waals surface area contributed by atoms with E-state index in [0.717, 1.165) is 0 Å². The molecular formula is C13H16N2O3. The molecule has 0 aromatic heterocycles. The molecule has 1 saturated heterocycles. The van der Waals surface area contributed by atoms with Gasteiger partial charge < -0.3 is 15.3 Å². The Morgan fingerprint density at radius 1 is 1.28 bits per heavy atom. The lowest BCUT2D eigenvalue weighted by Gasteiger charge is -2.35. The Labute approximate surface area is 105 Å². The molecule has 2 amide bonds. The molecule has 1 atom stereocenters. The van der Waals surface area contributed by atoms with Crippen molar-refractivity contribution >= 4 is 11.8 Å². The molecule has 0 unspecified atom stereocenters. The van der Waals surface area contributed by atoms with Crippen molar-refractivity contribution in [1.29, 1.82) is 0 Å². The van der Waals surface area contributed by atoms with Crippen molar-refractivity contribution in [3.8, 4) is 5.75 Å². The maximum Gasteiger partial charge on any atom is 0.250 e. The Bertz CT molecular complexity index is 468. The summed E-state index contributed by atoms with van der Waals surface area (Å²) in [5, 5.41) is 11.9. The van der Waals surface area contributed by atoms with Crippen LogP contribution in [0, 0.1) is 0 Å². The molecule has 1 aliphatic rings. The third-order valence-corrected chi connectivity index (χ3v) is 3.00. The molecule has 0 spiro atoms. The highest BCUT2D eigenvalue weighted by molar-refractivity contribution is 5.95. The molecule has 1 aliphatic heterocycles. The second kappa shape index (κ2) is 4.68. The molecule has 0 aliphatic carbocycles. The number of nitrogens with one attached hydrogen (secondary N) is 1. The number of aromatic hydroxyl groups is 1. The summed E-state index contributed by atoms with van der Waals surface area (Å²) in [7, 11) is 0. The van der Waals surface area contributed by atoms with Crippen LogP contribution in [0.15, 0.2) is 24.3 Å². The number of amides is 2. The predicted octanol–water partition coefficient (Wildman–Crippen LogP) is 0.800. The summed E-state index contributed by atoms with van der Waals surface area (Å²) in [4.78, 5) is 25.4. The van der Waals surface area contributed by atoms with Crippen LogP contribution in [0.4, 0.5) is 0 Å². The van der Waals surface area contributed by atoms with Crippen molar-refractivity contribution in [1.82, 2.24) is 10.2 Å². The van der Waals surface area contributed by atoms with E-state index in [4.69, 9.17) is 0 Å². The molecule has 18 heavy (non-hydrogen) atoms. The maximum absolute atomic E-state index is 12.2. The predicted molar refractivity (Wildman–Crippen MR) is 65.8 cm³/mol. The Kier molecular flexibility index (Phi) is 3.23. The summed E-state index contributed by atoms with van der Waals surface area (Å²) < 4.78 is 0. The average molecular weight is 248 g/mol. The van der Waals surface area contributed by atoms with Crippen LogP contribution in [0.2, 0.25) is 0 Å². The zero-order valence-corrected chi connectivity index (χ0v) is 10.4. The fourth-order valence-corrected chi connectivity index (χ4v) is 2.00. The fraction of sp³-hybridized carbons (Fsp3) is 0.385. The van der Waals surface area contributed by atoms with Gasteiger partial charge in [-0.1, -0.05) is 12.1 Å². The smallest absolute Gasteiger partial charge is 0.250 e. The maximum atomic E-state index is 12.2. The van der Waals surface area contributed by atoms with Gasteiger partial charge >= 0.3 is 0 Å². The lowest BCUT2D eigenvalue weighted by atomic mass is 10.0. The number of piperazine rings is 1. The lowest BCUT2D eigenvalue weighted by molar-refractivity contribution is -0.146. The number of phenols is 1. The first-order valence-electron chi connectivity index (χ1n) is 5.88. The van der Waals surface area contributed by atoms with E-state index in [-0.39, 0.29) is 30.2 Å². The van der Waals surface area contributed by atoms with E-state index in [0.29, 0.717) is 5.56 Å². The summed E-state index contributed by atoms with van der Waals surface area (Å²) in [5.74, 6) is -0.147. The van der Waals surface area contributed by atoms with Gasteiger partial charge in [0.15, 0.2) is 0 Å². The molecule has 1 heterocycles. The van der Waals surface area contributed by atoms with E-state index < -0.39 is 6.04 Å². The van der Waals surface area contributed by atoms with Crippen molar-refractivity contribution < 1.29 is 14.7 Å². The van der Waals surface area contributed by atoms with Gasteiger partial charge in [-0.25, -0.2) is 0 Å². The number of benzene rings is 1. The molecule has 2 rings (SSSR count). The minimum absolute atomic E-state index is 0.0110. The molecule has 1 fully saturated rings.